The smallest absolute Gasteiger partial charge is 0.171 e. The van der Waals surface area contributed by atoms with Crippen LogP contribution < -0.4 is 5.32 Å². The van der Waals surface area contributed by atoms with Crippen LogP contribution in [0.4, 0.5) is 5.82 Å². The summed E-state index contributed by atoms with van der Waals surface area (Å²) in [6.07, 6.45) is 4.31. The molecule has 0 aliphatic heterocycles. The van der Waals surface area contributed by atoms with Crippen LogP contribution in [0, 0.1) is 5.92 Å². The molecular weight excluding hydrogens is 186 g/mol. The number of hydrogen-bond acceptors (Lipinski definition) is 3. The Hall–Kier alpha value is -0.830. The number of halogens is 1. The molecule has 0 unspecified atom stereocenters. The summed E-state index contributed by atoms with van der Waals surface area (Å²) >= 11 is 5.80. The van der Waals surface area contributed by atoms with Gasteiger partial charge in [-0.3, -0.25) is 0 Å². The maximum atomic E-state index is 5.80. The van der Waals surface area contributed by atoms with E-state index >= 15 is 0 Å². The average Bonchev–Trinajstić information content (AvgIpc) is 2.08. The Morgan fingerprint density at radius 3 is 2.69 bits per heavy atom. The van der Waals surface area contributed by atoms with E-state index in [2.05, 4.69) is 29.1 Å². The van der Waals surface area contributed by atoms with Crippen LogP contribution in [0.25, 0.3) is 0 Å². The van der Waals surface area contributed by atoms with Crippen molar-refractivity contribution in [3.8, 4) is 0 Å². The van der Waals surface area contributed by atoms with Crippen LogP contribution in [0.15, 0.2) is 12.4 Å². The van der Waals surface area contributed by atoms with E-state index in [1.807, 2.05) is 0 Å². The van der Waals surface area contributed by atoms with E-state index in [-0.39, 0.29) is 0 Å². The summed E-state index contributed by atoms with van der Waals surface area (Å²) in [4.78, 5) is 7.99. The van der Waals surface area contributed by atoms with Crippen molar-refractivity contribution in [3.63, 3.8) is 0 Å². The van der Waals surface area contributed by atoms with Crippen LogP contribution in [0.1, 0.15) is 20.3 Å². The lowest BCUT2D eigenvalue weighted by molar-refractivity contribution is 0.606. The maximum absolute atomic E-state index is 5.80. The Kier molecular flexibility index (Phi) is 3.96. The third-order valence-electron chi connectivity index (χ3n) is 1.67. The monoisotopic (exact) mass is 199 g/mol. The second kappa shape index (κ2) is 5.02. The molecular formula is C9H14ClN3. The van der Waals surface area contributed by atoms with E-state index in [0.29, 0.717) is 16.9 Å². The van der Waals surface area contributed by atoms with E-state index < -0.39 is 0 Å². The molecule has 13 heavy (non-hydrogen) atoms. The van der Waals surface area contributed by atoms with E-state index in [1.165, 1.54) is 0 Å². The van der Waals surface area contributed by atoms with Crippen molar-refractivity contribution in [3.05, 3.63) is 17.5 Å². The van der Waals surface area contributed by atoms with Crippen LogP contribution in [0.3, 0.4) is 0 Å². The van der Waals surface area contributed by atoms with Crippen LogP contribution in [-0.4, -0.2) is 16.5 Å². The molecule has 0 aliphatic rings. The Bertz CT molecular complexity index is 263. The first-order valence-electron chi connectivity index (χ1n) is 4.40. The summed E-state index contributed by atoms with van der Waals surface area (Å²) < 4.78 is 0. The fraction of sp³-hybridized carbons (Fsp3) is 0.556. The molecule has 0 saturated carbocycles. The fourth-order valence-corrected chi connectivity index (χ4v) is 1.09. The molecule has 4 heteroatoms. The molecule has 0 amide bonds. The van der Waals surface area contributed by atoms with Gasteiger partial charge in [0.25, 0.3) is 0 Å². The number of rotatable bonds is 4. The average molecular weight is 200 g/mol. The van der Waals surface area contributed by atoms with Gasteiger partial charge in [0.05, 0.1) is 0 Å². The molecule has 0 spiro atoms. The number of nitrogens with one attached hydrogen (secondary N) is 1. The van der Waals surface area contributed by atoms with Crippen molar-refractivity contribution in [2.24, 2.45) is 5.92 Å². The number of hydrogen-bond donors (Lipinski definition) is 1. The first kappa shape index (κ1) is 10.3. The molecule has 0 fully saturated rings. The summed E-state index contributed by atoms with van der Waals surface area (Å²) in [5.41, 5.74) is 0. The highest BCUT2D eigenvalue weighted by molar-refractivity contribution is 6.31. The normalized spacial score (nSPS) is 10.5. The highest BCUT2D eigenvalue weighted by Gasteiger charge is 2.00. The molecule has 72 valence electrons. The largest absolute Gasteiger partial charge is 0.368 e. The minimum absolute atomic E-state index is 0.436. The van der Waals surface area contributed by atoms with Crippen molar-refractivity contribution in [2.45, 2.75) is 20.3 Å². The van der Waals surface area contributed by atoms with Crippen molar-refractivity contribution >= 4 is 17.4 Å². The molecule has 1 aromatic rings. The number of nitrogens with zero attached hydrogens (tertiary/aromatic N) is 2. The molecule has 0 atom stereocenters. The van der Waals surface area contributed by atoms with Gasteiger partial charge in [-0.25, -0.2) is 9.97 Å². The lowest BCUT2D eigenvalue weighted by Gasteiger charge is -2.07. The predicted octanol–water partition coefficient (Wildman–Crippen LogP) is 2.59. The lowest BCUT2D eigenvalue weighted by Crippen LogP contribution is -2.06. The van der Waals surface area contributed by atoms with Crippen LogP contribution in [0.5, 0.6) is 0 Å². The third kappa shape index (κ3) is 3.59. The number of anilines is 1. The fourth-order valence-electron chi connectivity index (χ4n) is 0.919. The first-order valence-corrected chi connectivity index (χ1v) is 4.78. The highest BCUT2D eigenvalue weighted by atomic mass is 35.5. The van der Waals surface area contributed by atoms with Gasteiger partial charge in [0.2, 0.25) is 0 Å². The predicted molar refractivity (Wildman–Crippen MR) is 55.0 cm³/mol. The highest BCUT2D eigenvalue weighted by Crippen LogP contribution is 2.14. The molecule has 1 N–H and O–H groups in total. The SMILES string of the molecule is CC(C)CCNc1nccnc1Cl. The van der Waals surface area contributed by atoms with Crippen LogP contribution in [0.2, 0.25) is 5.15 Å². The van der Waals surface area contributed by atoms with Gasteiger partial charge in [-0.05, 0) is 12.3 Å². The van der Waals surface area contributed by atoms with Gasteiger partial charge in [-0.15, -0.1) is 0 Å². The molecule has 1 heterocycles. The summed E-state index contributed by atoms with van der Waals surface area (Å²) in [7, 11) is 0. The Morgan fingerprint density at radius 2 is 2.08 bits per heavy atom. The molecule has 0 aromatic carbocycles. The van der Waals surface area contributed by atoms with Gasteiger partial charge in [0.15, 0.2) is 11.0 Å². The standard InChI is InChI=1S/C9H14ClN3/c1-7(2)3-4-12-9-8(10)11-5-6-13-9/h5-7H,3-4H2,1-2H3,(H,12,13). The Balaban J connectivity index is 2.41. The van der Waals surface area contributed by atoms with Crippen LogP contribution in [-0.2, 0) is 0 Å². The maximum Gasteiger partial charge on any atom is 0.171 e. The van der Waals surface area contributed by atoms with Gasteiger partial charge in [0, 0.05) is 18.9 Å². The molecule has 0 aliphatic carbocycles. The number of aromatic nitrogens is 2. The molecule has 0 radical (unpaired) electrons. The molecule has 0 bridgehead atoms. The topological polar surface area (TPSA) is 37.8 Å². The van der Waals surface area contributed by atoms with Crippen LogP contribution >= 0.6 is 11.6 Å². The zero-order valence-corrected chi connectivity index (χ0v) is 8.67. The van der Waals surface area contributed by atoms with Gasteiger partial charge in [-0.2, -0.15) is 0 Å². The summed E-state index contributed by atoms with van der Waals surface area (Å²) in [6.45, 7) is 5.25. The van der Waals surface area contributed by atoms with E-state index in [4.69, 9.17) is 11.6 Å². The van der Waals surface area contributed by atoms with E-state index in [1.54, 1.807) is 12.4 Å². The molecule has 1 aromatic heterocycles. The summed E-state index contributed by atoms with van der Waals surface area (Å²) in [6, 6.07) is 0. The summed E-state index contributed by atoms with van der Waals surface area (Å²) in [5.74, 6) is 1.35. The lowest BCUT2D eigenvalue weighted by atomic mass is 10.1. The van der Waals surface area contributed by atoms with Crippen molar-refractivity contribution in [1.29, 1.82) is 0 Å². The van der Waals surface area contributed by atoms with Crippen molar-refractivity contribution < 1.29 is 0 Å². The van der Waals surface area contributed by atoms with Gasteiger partial charge < -0.3 is 5.32 Å². The van der Waals surface area contributed by atoms with Gasteiger partial charge >= 0.3 is 0 Å². The molecule has 1 rings (SSSR count). The van der Waals surface area contributed by atoms with E-state index in [0.717, 1.165) is 13.0 Å². The summed E-state index contributed by atoms with van der Waals surface area (Å²) in [5, 5.41) is 3.58. The van der Waals surface area contributed by atoms with E-state index in [9.17, 15) is 0 Å². The zero-order valence-electron chi connectivity index (χ0n) is 7.92. The first-order chi connectivity index (χ1) is 6.20. The second-order valence-electron chi connectivity index (χ2n) is 3.31. The zero-order chi connectivity index (χ0) is 9.68. The molecule has 3 nitrogen and oxygen atoms in total. The minimum Gasteiger partial charge on any atom is -0.368 e. The van der Waals surface area contributed by atoms with Crippen molar-refractivity contribution in [1.82, 2.24) is 9.97 Å². The second-order valence-corrected chi connectivity index (χ2v) is 3.66. The van der Waals surface area contributed by atoms with Crippen molar-refractivity contribution in [2.75, 3.05) is 11.9 Å². The third-order valence-corrected chi connectivity index (χ3v) is 1.94. The van der Waals surface area contributed by atoms with Gasteiger partial charge in [0.1, 0.15) is 0 Å². The Morgan fingerprint density at radius 1 is 1.38 bits per heavy atom. The minimum atomic E-state index is 0.436. The van der Waals surface area contributed by atoms with Gasteiger partial charge in [-0.1, -0.05) is 25.4 Å². The quantitative estimate of drug-likeness (QED) is 0.810. The molecule has 0 saturated heterocycles. The Labute approximate surface area is 83.5 Å².